The van der Waals surface area contributed by atoms with Gasteiger partial charge in [-0.1, -0.05) is 57.5 Å². The Balaban J connectivity index is 0.00000364. The summed E-state index contributed by atoms with van der Waals surface area (Å²) in [5.41, 5.74) is 6.10. The quantitative estimate of drug-likeness (QED) is 0.691. The Kier molecular flexibility index (Phi) is 9.81. The first-order valence-electron chi connectivity index (χ1n) is 9.63. The van der Waals surface area contributed by atoms with Gasteiger partial charge in [-0.15, -0.1) is 12.4 Å². The maximum atomic E-state index is 12.7. The Labute approximate surface area is 168 Å². The van der Waals surface area contributed by atoms with Crippen LogP contribution in [0.2, 0.25) is 0 Å². The van der Waals surface area contributed by atoms with Crippen LogP contribution < -0.4 is 11.1 Å². The summed E-state index contributed by atoms with van der Waals surface area (Å²) in [4.78, 5) is 24.5. The molecule has 0 heterocycles. The number of nitrogens with two attached hydrogens (primary N) is 1. The van der Waals surface area contributed by atoms with Crippen molar-refractivity contribution in [1.82, 2.24) is 5.32 Å². The molecule has 1 unspecified atom stereocenters. The van der Waals surface area contributed by atoms with Crippen LogP contribution >= 0.6 is 12.4 Å². The first-order valence-corrected chi connectivity index (χ1v) is 9.63. The van der Waals surface area contributed by atoms with Gasteiger partial charge in [0, 0.05) is 0 Å². The van der Waals surface area contributed by atoms with Crippen molar-refractivity contribution in [2.45, 2.75) is 46.1 Å². The highest BCUT2D eigenvalue weighted by Crippen LogP contribution is 2.38. The molecular weight excluding hydrogens is 364 g/mol. The van der Waals surface area contributed by atoms with Crippen LogP contribution in [0.15, 0.2) is 30.3 Å². The smallest absolute Gasteiger partial charge is 0.333 e. The second kappa shape index (κ2) is 11.3. The number of benzene rings is 1. The van der Waals surface area contributed by atoms with E-state index in [0.717, 1.165) is 6.42 Å². The van der Waals surface area contributed by atoms with Gasteiger partial charge in [-0.05, 0) is 42.1 Å². The monoisotopic (exact) mass is 396 g/mol. The van der Waals surface area contributed by atoms with Crippen LogP contribution in [0.25, 0.3) is 0 Å². The lowest BCUT2D eigenvalue weighted by Gasteiger charge is -2.37. The Morgan fingerprint density at radius 1 is 1.22 bits per heavy atom. The molecule has 0 aromatic heterocycles. The summed E-state index contributed by atoms with van der Waals surface area (Å²) in [5.74, 6) is 1.40. The van der Waals surface area contributed by atoms with Gasteiger partial charge in [0.2, 0.25) is 5.91 Å². The highest BCUT2D eigenvalue weighted by atomic mass is 35.5. The highest BCUT2D eigenvalue weighted by molar-refractivity contribution is 5.86. The van der Waals surface area contributed by atoms with Crippen molar-refractivity contribution in [1.29, 1.82) is 0 Å². The molecule has 27 heavy (non-hydrogen) atoms. The van der Waals surface area contributed by atoms with Crippen molar-refractivity contribution >= 4 is 24.3 Å². The number of carbonyl (C=O) groups excluding carboxylic acids is 2. The lowest BCUT2D eigenvalue weighted by molar-refractivity contribution is -0.150. The molecule has 0 bridgehead atoms. The number of esters is 1. The number of halogens is 1. The van der Waals surface area contributed by atoms with Gasteiger partial charge < -0.3 is 15.8 Å². The maximum Gasteiger partial charge on any atom is 0.333 e. The van der Waals surface area contributed by atoms with E-state index in [-0.39, 0.29) is 24.9 Å². The van der Waals surface area contributed by atoms with E-state index in [2.05, 4.69) is 26.1 Å². The number of hydrogen-bond acceptors (Lipinski definition) is 4. The highest BCUT2D eigenvalue weighted by Gasteiger charge is 2.32. The topological polar surface area (TPSA) is 81.4 Å². The molecule has 2 rings (SSSR count). The van der Waals surface area contributed by atoms with E-state index < -0.39 is 12.0 Å². The van der Waals surface area contributed by atoms with Crippen LogP contribution in [0.1, 0.15) is 51.6 Å². The average Bonchev–Trinajstić information content (AvgIpc) is 2.64. The van der Waals surface area contributed by atoms with Crippen molar-refractivity contribution < 1.29 is 14.3 Å². The van der Waals surface area contributed by atoms with Crippen LogP contribution in [-0.4, -0.2) is 25.0 Å². The van der Waals surface area contributed by atoms with Gasteiger partial charge in [-0.3, -0.25) is 4.79 Å². The van der Waals surface area contributed by atoms with E-state index in [0.29, 0.717) is 35.8 Å². The van der Waals surface area contributed by atoms with Gasteiger partial charge in [0.25, 0.3) is 0 Å². The molecule has 1 aromatic rings. The molecule has 5 nitrogen and oxygen atoms in total. The molecule has 1 fully saturated rings. The summed E-state index contributed by atoms with van der Waals surface area (Å²) < 4.78 is 5.68. The van der Waals surface area contributed by atoms with E-state index in [1.807, 2.05) is 30.3 Å². The van der Waals surface area contributed by atoms with Gasteiger partial charge in [0.15, 0.2) is 6.04 Å². The van der Waals surface area contributed by atoms with Gasteiger partial charge in [-0.25, -0.2) is 4.79 Å². The van der Waals surface area contributed by atoms with Crippen LogP contribution in [0.3, 0.4) is 0 Å². The molecule has 0 spiro atoms. The van der Waals surface area contributed by atoms with E-state index in [1.54, 1.807) is 0 Å². The summed E-state index contributed by atoms with van der Waals surface area (Å²) in [6, 6.07) is 8.34. The number of carbonyl (C=O) groups is 2. The molecule has 1 amide bonds. The molecule has 4 atom stereocenters. The predicted molar refractivity (Wildman–Crippen MR) is 109 cm³/mol. The molecule has 0 saturated heterocycles. The first-order chi connectivity index (χ1) is 12.4. The normalized spacial score (nSPS) is 23.2. The Hall–Kier alpha value is -1.59. The van der Waals surface area contributed by atoms with Gasteiger partial charge >= 0.3 is 5.97 Å². The molecule has 1 saturated carbocycles. The average molecular weight is 397 g/mol. The minimum absolute atomic E-state index is 0. The number of rotatable bonds is 7. The molecule has 3 N–H and O–H groups in total. The molecule has 0 radical (unpaired) electrons. The zero-order chi connectivity index (χ0) is 19.1. The van der Waals surface area contributed by atoms with Crippen molar-refractivity contribution in [3.05, 3.63) is 35.9 Å². The van der Waals surface area contributed by atoms with Crippen molar-refractivity contribution in [2.75, 3.05) is 13.2 Å². The number of ether oxygens (including phenoxy) is 1. The number of hydrogen-bond donors (Lipinski definition) is 2. The van der Waals surface area contributed by atoms with Crippen LogP contribution in [0, 0.1) is 23.7 Å². The fraction of sp³-hybridized carbons (Fsp3) is 0.619. The van der Waals surface area contributed by atoms with Crippen molar-refractivity contribution in [3.63, 3.8) is 0 Å². The lowest BCUT2D eigenvalue weighted by atomic mass is 9.70. The summed E-state index contributed by atoms with van der Waals surface area (Å²) in [5, 5.41) is 2.67. The zero-order valence-corrected chi connectivity index (χ0v) is 17.3. The Morgan fingerprint density at radius 2 is 1.89 bits per heavy atom. The molecule has 1 aliphatic carbocycles. The van der Waals surface area contributed by atoms with Crippen LogP contribution in [0.4, 0.5) is 0 Å². The largest absolute Gasteiger partial charge is 0.464 e. The second-order valence-electron chi connectivity index (χ2n) is 7.83. The number of amides is 1. The molecule has 0 aliphatic heterocycles. The van der Waals surface area contributed by atoms with E-state index in [9.17, 15) is 9.59 Å². The third kappa shape index (κ3) is 6.82. The maximum absolute atomic E-state index is 12.7. The first kappa shape index (κ1) is 23.4. The lowest BCUT2D eigenvalue weighted by Crippen LogP contribution is -2.39. The summed E-state index contributed by atoms with van der Waals surface area (Å²) in [6.45, 7) is 6.99. The SMILES string of the molecule is CC(C)[C@@H]1CC[C@@H](C)C[C@H]1COC(=O)C(NC(=O)CN)c1ccccc1.Cl. The van der Waals surface area contributed by atoms with Gasteiger partial charge in [0.1, 0.15) is 0 Å². The third-order valence-corrected chi connectivity index (χ3v) is 5.46. The van der Waals surface area contributed by atoms with Crippen LogP contribution in [-0.2, 0) is 14.3 Å². The fourth-order valence-corrected chi connectivity index (χ4v) is 4.01. The van der Waals surface area contributed by atoms with E-state index in [1.165, 1.54) is 12.8 Å². The van der Waals surface area contributed by atoms with Crippen molar-refractivity contribution in [3.8, 4) is 0 Å². The summed E-state index contributed by atoms with van der Waals surface area (Å²) in [7, 11) is 0. The molecule has 1 aromatic carbocycles. The van der Waals surface area contributed by atoms with E-state index in [4.69, 9.17) is 10.5 Å². The molecule has 152 valence electrons. The van der Waals surface area contributed by atoms with Gasteiger partial charge in [0.05, 0.1) is 13.2 Å². The van der Waals surface area contributed by atoms with Crippen LogP contribution in [0.5, 0.6) is 0 Å². The number of nitrogens with one attached hydrogen (secondary N) is 1. The minimum Gasteiger partial charge on any atom is -0.464 e. The molecular formula is C21H33ClN2O3. The molecule has 6 heteroatoms. The van der Waals surface area contributed by atoms with Crippen molar-refractivity contribution in [2.24, 2.45) is 29.4 Å². The zero-order valence-electron chi connectivity index (χ0n) is 16.5. The Bertz CT molecular complexity index is 594. The third-order valence-electron chi connectivity index (χ3n) is 5.46. The second-order valence-corrected chi connectivity index (χ2v) is 7.83. The summed E-state index contributed by atoms with van der Waals surface area (Å²) in [6.07, 6.45) is 3.51. The molecule has 1 aliphatic rings. The fourth-order valence-electron chi connectivity index (χ4n) is 4.01. The predicted octanol–water partition coefficient (Wildman–Crippen LogP) is 3.48. The van der Waals surface area contributed by atoms with E-state index >= 15 is 0 Å². The summed E-state index contributed by atoms with van der Waals surface area (Å²) >= 11 is 0. The standard InChI is InChI=1S/C21H32N2O3.ClH/c1-14(2)18-10-9-15(3)11-17(18)13-26-21(25)20(23-19(24)12-22)16-7-5-4-6-8-16;/h4-8,14-15,17-18,20H,9-13,22H2,1-3H3,(H,23,24);1H/t15-,17+,18+,20?;/m1./s1. The van der Waals surface area contributed by atoms with Gasteiger partial charge in [-0.2, -0.15) is 0 Å². The Morgan fingerprint density at radius 3 is 2.48 bits per heavy atom. The minimum atomic E-state index is -0.814.